The van der Waals surface area contributed by atoms with Gasteiger partial charge in [0.05, 0.1) is 60.3 Å². The van der Waals surface area contributed by atoms with E-state index in [4.69, 9.17) is 53.8 Å². The molecule has 18 rings (SSSR count). The molecule has 5 saturated heterocycles. The third-order valence-electron chi connectivity index (χ3n) is 27.9. The van der Waals surface area contributed by atoms with Crippen LogP contribution in [-0.4, -0.2) is 367 Å². The molecule has 0 radical (unpaired) electrons. The molecular weight excluding hydrogens is 1940 g/mol. The lowest BCUT2D eigenvalue weighted by atomic mass is 10.0. The van der Waals surface area contributed by atoms with E-state index in [1.54, 1.807) is 44.7 Å². The zero-order chi connectivity index (χ0) is 107. The van der Waals surface area contributed by atoms with Gasteiger partial charge in [0.2, 0.25) is 23.6 Å². The van der Waals surface area contributed by atoms with Crippen molar-refractivity contribution in [2.75, 3.05) is 258 Å². The van der Waals surface area contributed by atoms with Gasteiger partial charge >= 0.3 is 30.4 Å². The minimum atomic E-state index is -4.85. The number of likely N-dealkylation sites (N-methyl/N-ethyl adjacent to an activating group) is 3. The van der Waals surface area contributed by atoms with Crippen LogP contribution in [0.2, 0.25) is 0 Å². The van der Waals surface area contributed by atoms with E-state index in [9.17, 15) is 61.6 Å². The molecule has 3 atom stereocenters. The summed E-state index contributed by atoms with van der Waals surface area (Å²) in [6.07, 6.45) is 5.08. The molecule has 42 heteroatoms. The average Bonchev–Trinajstić information content (AvgIpc) is 0.834. The molecule has 9 aliphatic heterocycles. The van der Waals surface area contributed by atoms with Crippen molar-refractivity contribution in [3.63, 3.8) is 0 Å². The lowest BCUT2D eigenvalue weighted by Crippen LogP contribution is -2.49. The van der Waals surface area contributed by atoms with Crippen molar-refractivity contribution in [2.24, 2.45) is 0 Å². The SMILES string of the molecule is C=CC(=O)N1CCN(c2nc(OCCN3CCCC3)nc3c2CCN(c2cc(O)cc4ccccc24)C3)CC1.C=CC(=O)N1CCN(c2nc(O[C@H](C)CN(C)C)nc3c2CCN(c2c(C)ccc(F)c2O)C3)CC1.C=CC(=O)N1CCN(c2nc(O[C@H](C)CN(C)C)nc3c2CCN(c2c(O)ccc(C)c2F)C3)CC1.C=CC(=O)N1CCN(c2nc(O[C@H](C)CN(C)C)nc3c2CCN(c2cc(OC(F)(F)F)ccc2O)C3)CC1. The maximum absolute atomic E-state index is 15.0. The topological polar surface area (TPSA) is 350 Å². The van der Waals surface area contributed by atoms with Gasteiger partial charge in [-0.1, -0.05) is 62.7 Å². The highest BCUT2D eigenvalue weighted by Gasteiger charge is 2.39. The predicted octanol–water partition coefficient (Wildman–Crippen LogP) is 10.7. The summed E-state index contributed by atoms with van der Waals surface area (Å²) in [6, 6.07) is 22.4. The second-order valence-electron chi connectivity index (χ2n) is 39.8. The third kappa shape index (κ3) is 27.3. The van der Waals surface area contributed by atoms with Crippen molar-refractivity contribution in [3.8, 4) is 52.8 Å². The Labute approximate surface area is 872 Å². The number of rotatable bonds is 29. The summed E-state index contributed by atoms with van der Waals surface area (Å²) >= 11 is 0. The molecule has 5 aromatic carbocycles. The highest BCUT2D eigenvalue weighted by molar-refractivity contribution is 5.96. The summed E-state index contributed by atoms with van der Waals surface area (Å²) in [6.45, 7) is 43.1. The first-order valence-electron chi connectivity index (χ1n) is 51.2. The van der Waals surface area contributed by atoms with Gasteiger partial charge in [0.1, 0.15) is 76.9 Å². The minimum absolute atomic E-state index is 0.0284. The van der Waals surface area contributed by atoms with E-state index in [1.807, 2.05) is 124 Å². The second-order valence-corrected chi connectivity index (χ2v) is 39.8. The van der Waals surface area contributed by atoms with Crippen LogP contribution in [0.15, 0.2) is 129 Å². The quantitative estimate of drug-likeness (QED) is 0.0250. The molecule has 37 nitrogen and oxygen atoms in total. The number of carbonyl (C=O) groups is 4. The van der Waals surface area contributed by atoms with Crippen LogP contribution in [0, 0.1) is 25.5 Å². The van der Waals surface area contributed by atoms with Crippen LogP contribution >= 0.6 is 0 Å². The van der Waals surface area contributed by atoms with Gasteiger partial charge in [-0.2, -0.15) is 39.9 Å². The molecule has 9 aromatic rings. The summed E-state index contributed by atoms with van der Waals surface area (Å²) in [4.78, 5) is 119. The van der Waals surface area contributed by atoms with Crippen molar-refractivity contribution < 1.29 is 85.2 Å². The number of fused-ring (bicyclic) bond motifs is 5. The Bertz CT molecular complexity index is 6150. The van der Waals surface area contributed by atoms with Crippen molar-refractivity contribution >= 4 is 80.4 Å². The monoisotopic (exact) mass is 2080 g/mol. The number of likely N-dealkylation sites (tertiary alicyclic amines) is 1. The number of aromatic hydroxyl groups is 4. The number of halogens is 5. The maximum Gasteiger partial charge on any atom is 0.573 e. The average molecular weight is 2080 g/mol. The van der Waals surface area contributed by atoms with Crippen LogP contribution in [0.3, 0.4) is 0 Å². The van der Waals surface area contributed by atoms with E-state index < -0.39 is 23.7 Å². The Kier molecular flexibility index (Phi) is 36.1. The largest absolute Gasteiger partial charge is 0.573 e. The number of phenolic OH excluding ortho intramolecular Hbond substituents is 4. The maximum atomic E-state index is 15.0. The summed E-state index contributed by atoms with van der Waals surface area (Å²) in [5.74, 6) is 1.15. The van der Waals surface area contributed by atoms with Gasteiger partial charge in [0, 0.05) is 203 Å². The Hall–Kier alpha value is -14.4. The van der Waals surface area contributed by atoms with Crippen molar-refractivity contribution in [3.05, 3.63) is 197 Å². The summed E-state index contributed by atoms with van der Waals surface area (Å²) in [5, 5.41) is 43.9. The molecule has 804 valence electrons. The fraction of sp³-hybridized carbons (Fsp3) is 0.481. The lowest BCUT2D eigenvalue weighted by molar-refractivity contribution is -0.274. The van der Waals surface area contributed by atoms with Gasteiger partial charge in [0.25, 0.3) is 0 Å². The molecule has 9 aliphatic rings. The Morgan fingerprint density at radius 3 is 1.19 bits per heavy atom. The number of phenols is 4. The van der Waals surface area contributed by atoms with Crippen LogP contribution in [0.25, 0.3) is 10.8 Å². The number of amides is 4. The number of hydrogen-bond donors (Lipinski definition) is 4. The van der Waals surface area contributed by atoms with Gasteiger partial charge in [0.15, 0.2) is 17.4 Å². The highest BCUT2D eigenvalue weighted by atomic mass is 19.4. The van der Waals surface area contributed by atoms with E-state index in [1.165, 1.54) is 61.4 Å². The number of nitrogens with zero attached hydrogens (tertiary/aromatic N) is 24. The first kappa shape index (κ1) is 110. The van der Waals surface area contributed by atoms with E-state index in [0.29, 0.717) is 218 Å². The first-order valence-corrected chi connectivity index (χ1v) is 51.2. The van der Waals surface area contributed by atoms with Crippen LogP contribution in [0.1, 0.15) is 89.8 Å². The van der Waals surface area contributed by atoms with E-state index in [-0.39, 0.29) is 94.9 Å². The van der Waals surface area contributed by atoms with Gasteiger partial charge in [-0.05, 0) is 200 Å². The number of alkyl halides is 3. The molecule has 13 heterocycles. The summed E-state index contributed by atoms with van der Waals surface area (Å²) < 4.78 is 96.0. The number of aromatic nitrogens is 8. The van der Waals surface area contributed by atoms with Crippen molar-refractivity contribution in [2.45, 2.75) is 124 Å². The van der Waals surface area contributed by atoms with Crippen molar-refractivity contribution in [1.82, 2.24) is 79.1 Å². The Morgan fingerprint density at radius 1 is 0.413 bits per heavy atom. The Balaban J connectivity index is 0.000000150. The van der Waals surface area contributed by atoms with Crippen LogP contribution in [0.4, 0.5) is 68.0 Å². The number of aryl methyl sites for hydroxylation is 2. The van der Waals surface area contributed by atoms with Gasteiger partial charge in [-0.15, -0.1) is 13.2 Å². The number of benzene rings is 5. The summed E-state index contributed by atoms with van der Waals surface area (Å²) in [7, 11) is 11.8. The molecule has 0 spiro atoms. The van der Waals surface area contributed by atoms with Crippen molar-refractivity contribution in [1.29, 1.82) is 0 Å². The number of carbonyl (C=O) groups excluding carboxylic acids is 4. The molecule has 4 N–H and O–H groups in total. The third-order valence-corrected chi connectivity index (χ3v) is 27.9. The molecular formula is C108H139F5N24O13. The van der Waals surface area contributed by atoms with Gasteiger partial charge < -0.3 is 118 Å². The molecule has 0 unspecified atom stereocenters. The molecule has 4 amide bonds. The predicted molar refractivity (Wildman–Crippen MR) is 566 cm³/mol. The zero-order valence-corrected chi connectivity index (χ0v) is 87.6. The van der Waals surface area contributed by atoms with E-state index >= 15 is 0 Å². The van der Waals surface area contributed by atoms with Crippen LogP contribution in [0.5, 0.6) is 52.8 Å². The first-order chi connectivity index (χ1) is 71.9. The minimum Gasteiger partial charge on any atom is -0.508 e. The number of anilines is 8. The molecule has 150 heavy (non-hydrogen) atoms. The number of ether oxygens (including phenoxy) is 5. The number of piperazine rings is 4. The number of hydrogen-bond acceptors (Lipinski definition) is 33. The van der Waals surface area contributed by atoms with Gasteiger partial charge in [-0.3, -0.25) is 24.1 Å². The standard InChI is InChI=1S/C30H36N6O3.C26H33F3N6O4.2C26H35FN6O3/c1-2-28(38)34-13-15-35(16-14-34)29-25-9-12-36(27-20-23(37)19-22-7-3-4-8-24(22)27)21-26(25)31-30(32-29)39-18-17-33-10-5-6-11-33;1-5-23(37)33-10-12-34(13-11-33)24-19-8-9-35(21-14-18(6-7-22(21)36)39-26(27,28)29)16-20(19)30-25(31-24)38-17(2)15-32(3)4;1-6-22(35)31-11-13-32(14-12-31)25-19-9-10-33(24-21(34)8-7-17(2)23(24)27)16-20(19)28-26(29-25)36-18(3)15-30(4)5;1-6-22(34)31-11-13-32(14-12-31)25-19-9-10-33(23-17(2)7-8-20(27)24(23)35)16-21(19)28-26(29-25)36-18(3)15-30(4)5/h2-4,7-8,19-20,37H,1,5-6,9-18,21H2;5-7,14,17,36H,1,8-13,15-16H2,2-4H3;6-8,18,34H,1,9-16H2,2-5H3;6-8,18,35H,1,9-16H2,2-5H3/t;17-;2*18-/m.111/s1. The molecule has 5 fully saturated rings. The lowest BCUT2D eigenvalue weighted by Gasteiger charge is -2.38. The normalized spacial score (nSPS) is 17.0. The highest BCUT2D eigenvalue weighted by Crippen LogP contribution is 2.45. The van der Waals surface area contributed by atoms with E-state index in [0.717, 1.165) is 123 Å². The van der Waals surface area contributed by atoms with Gasteiger partial charge in [-0.25, -0.2) is 8.78 Å². The smallest absolute Gasteiger partial charge is 0.508 e. The Morgan fingerprint density at radius 2 is 0.780 bits per heavy atom. The van der Waals surface area contributed by atoms with E-state index in [2.05, 4.69) is 71.5 Å². The van der Waals surface area contributed by atoms with Crippen LogP contribution in [-0.2, 0) is 71.0 Å². The zero-order valence-electron chi connectivity index (χ0n) is 87.6. The fourth-order valence-corrected chi connectivity index (χ4v) is 20.7. The fourth-order valence-electron chi connectivity index (χ4n) is 20.7. The molecule has 0 saturated carbocycles. The molecule has 4 aromatic heterocycles. The molecule has 0 bridgehead atoms. The molecule has 0 aliphatic carbocycles. The second kappa shape index (κ2) is 49.4. The summed E-state index contributed by atoms with van der Waals surface area (Å²) in [5.41, 5.74) is 10.4. The van der Waals surface area contributed by atoms with Crippen LogP contribution < -0.4 is 62.9 Å².